The SMILES string of the molecule is Cc1nc(C(C)(C)C)c(C(N)=S)s1. The van der Waals surface area contributed by atoms with Crippen LogP contribution < -0.4 is 5.73 Å². The molecule has 0 aliphatic carbocycles. The fraction of sp³-hybridized carbons (Fsp3) is 0.556. The van der Waals surface area contributed by atoms with Crippen LogP contribution in [0.25, 0.3) is 0 Å². The normalized spacial score (nSPS) is 11.7. The van der Waals surface area contributed by atoms with Crippen molar-refractivity contribution < 1.29 is 0 Å². The maximum atomic E-state index is 5.63. The number of thiazole rings is 1. The van der Waals surface area contributed by atoms with Crippen LogP contribution in [0.4, 0.5) is 0 Å². The van der Waals surface area contributed by atoms with Crippen molar-refractivity contribution in [3.63, 3.8) is 0 Å². The van der Waals surface area contributed by atoms with Crippen LogP contribution in [0.1, 0.15) is 36.3 Å². The molecule has 2 N–H and O–H groups in total. The zero-order valence-corrected chi connectivity index (χ0v) is 9.97. The van der Waals surface area contributed by atoms with Crippen molar-refractivity contribution in [2.75, 3.05) is 0 Å². The van der Waals surface area contributed by atoms with Gasteiger partial charge in [0.05, 0.1) is 15.6 Å². The van der Waals surface area contributed by atoms with Crippen molar-refractivity contribution in [1.82, 2.24) is 4.98 Å². The summed E-state index contributed by atoms with van der Waals surface area (Å²) in [6.07, 6.45) is 0. The van der Waals surface area contributed by atoms with E-state index in [1.807, 2.05) is 6.92 Å². The molecule has 1 rings (SSSR count). The number of aryl methyl sites for hydroxylation is 1. The minimum Gasteiger partial charge on any atom is -0.389 e. The van der Waals surface area contributed by atoms with Crippen LogP contribution in [0, 0.1) is 6.92 Å². The second kappa shape index (κ2) is 3.35. The zero-order chi connectivity index (χ0) is 10.2. The summed E-state index contributed by atoms with van der Waals surface area (Å²) in [6, 6.07) is 0. The molecule has 4 heteroatoms. The van der Waals surface area contributed by atoms with E-state index in [0.717, 1.165) is 15.6 Å². The van der Waals surface area contributed by atoms with E-state index in [9.17, 15) is 0 Å². The Morgan fingerprint density at radius 2 is 2.00 bits per heavy atom. The van der Waals surface area contributed by atoms with Gasteiger partial charge in [0.1, 0.15) is 4.99 Å². The van der Waals surface area contributed by atoms with E-state index in [-0.39, 0.29) is 5.41 Å². The summed E-state index contributed by atoms with van der Waals surface area (Å²) < 4.78 is 0. The fourth-order valence-electron chi connectivity index (χ4n) is 1.10. The molecule has 0 saturated heterocycles. The molecular formula is C9H14N2S2. The summed E-state index contributed by atoms with van der Waals surface area (Å²) in [6.45, 7) is 8.32. The number of hydrogen-bond donors (Lipinski definition) is 1. The van der Waals surface area contributed by atoms with Crippen molar-refractivity contribution >= 4 is 28.5 Å². The van der Waals surface area contributed by atoms with Crippen molar-refractivity contribution in [1.29, 1.82) is 0 Å². The maximum Gasteiger partial charge on any atom is 0.116 e. The molecular weight excluding hydrogens is 200 g/mol. The molecule has 0 aliphatic heterocycles. The molecule has 0 amide bonds. The summed E-state index contributed by atoms with van der Waals surface area (Å²) in [5, 5.41) is 1.02. The Balaban J connectivity index is 3.28. The first-order valence-corrected chi connectivity index (χ1v) is 5.32. The summed E-state index contributed by atoms with van der Waals surface area (Å²) in [5.41, 5.74) is 6.66. The number of aromatic nitrogens is 1. The molecule has 1 aromatic rings. The highest BCUT2D eigenvalue weighted by Gasteiger charge is 2.23. The number of thiocarbonyl (C=S) groups is 1. The topological polar surface area (TPSA) is 38.9 Å². The minimum atomic E-state index is 0.0174. The van der Waals surface area contributed by atoms with Crippen molar-refractivity contribution in [3.8, 4) is 0 Å². The Morgan fingerprint density at radius 1 is 1.46 bits per heavy atom. The molecule has 0 aliphatic rings. The highest BCUT2D eigenvalue weighted by Crippen LogP contribution is 2.28. The van der Waals surface area contributed by atoms with Gasteiger partial charge in [-0.2, -0.15) is 0 Å². The molecule has 0 radical (unpaired) electrons. The predicted octanol–water partition coefficient (Wildman–Crippen LogP) is 2.38. The highest BCUT2D eigenvalue weighted by atomic mass is 32.1. The van der Waals surface area contributed by atoms with Gasteiger partial charge in [-0.25, -0.2) is 4.98 Å². The number of hydrogen-bond acceptors (Lipinski definition) is 3. The van der Waals surface area contributed by atoms with Gasteiger partial charge in [-0.15, -0.1) is 11.3 Å². The summed E-state index contributed by atoms with van der Waals surface area (Å²) in [4.78, 5) is 5.87. The summed E-state index contributed by atoms with van der Waals surface area (Å²) in [5.74, 6) is 0. The number of nitrogens with two attached hydrogens (primary N) is 1. The van der Waals surface area contributed by atoms with Crippen molar-refractivity contribution in [2.24, 2.45) is 5.73 Å². The quantitative estimate of drug-likeness (QED) is 0.730. The van der Waals surface area contributed by atoms with E-state index in [1.54, 1.807) is 11.3 Å². The molecule has 1 aromatic heterocycles. The van der Waals surface area contributed by atoms with Crippen molar-refractivity contribution in [2.45, 2.75) is 33.1 Å². The Labute approximate surface area is 88.2 Å². The fourth-order valence-corrected chi connectivity index (χ4v) is 2.31. The lowest BCUT2D eigenvalue weighted by Crippen LogP contribution is -2.19. The van der Waals surface area contributed by atoms with Gasteiger partial charge in [0.15, 0.2) is 0 Å². The Hall–Kier alpha value is -0.480. The highest BCUT2D eigenvalue weighted by molar-refractivity contribution is 7.81. The van der Waals surface area contributed by atoms with E-state index in [1.165, 1.54) is 0 Å². The van der Waals surface area contributed by atoms with E-state index in [4.69, 9.17) is 18.0 Å². The zero-order valence-electron chi connectivity index (χ0n) is 8.34. The van der Waals surface area contributed by atoms with Gasteiger partial charge in [-0.3, -0.25) is 0 Å². The molecule has 0 bridgehead atoms. The molecule has 72 valence electrons. The average molecular weight is 214 g/mol. The van der Waals surface area contributed by atoms with E-state index < -0.39 is 0 Å². The smallest absolute Gasteiger partial charge is 0.116 e. The van der Waals surface area contributed by atoms with Crippen LogP contribution in [0.15, 0.2) is 0 Å². The third kappa shape index (κ3) is 2.25. The third-order valence-electron chi connectivity index (χ3n) is 1.67. The van der Waals surface area contributed by atoms with Gasteiger partial charge in [-0.05, 0) is 6.92 Å². The molecule has 0 aromatic carbocycles. The van der Waals surface area contributed by atoms with E-state index in [0.29, 0.717) is 4.99 Å². The van der Waals surface area contributed by atoms with Crippen molar-refractivity contribution in [3.05, 3.63) is 15.6 Å². The Bertz CT molecular complexity index is 334. The summed E-state index contributed by atoms with van der Waals surface area (Å²) in [7, 11) is 0. The lowest BCUT2D eigenvalue weighted by molar-refractivity contribution is 0.571. The first-order valence-electron chi connectivity index (χ1n) is 4.10. The second-order valence-corrected chi connectivity index (χ2v) is 5.67. The minimum absolute atomic E-state index is 0.0174. The monoisotopic (exact) mass is 214 g/mol. The van der Waals surface area contributed by atoms with Gasteiger partial charge < -0.3 is 5.73 Å². The largest absolute Gasteiger partial charge is 0.389 e. The maximum absolute atomic E-state index is 5.63. The van der Waals surface area contributed by atoms with Crippen LogP contribution in [0.3, 0.4) is 0 Å². The first-order chi connectivity index (χ1) is 5.82. The standard InChI is InChI=1S/C9H14N2S2/c1-5-11-7(9(2,3)4)6(13-5)8(10)12/h1-4H3,(H2,10,12). The molecule has 0 unspecified atom stereocenters. The number of rotatable bonds is 1. The van der Waals surface area contributed by atoms with Crippen LogP contribution in [-0.4, -0.2) is 9.97 Å². The Morgan fingerprint density at radius 3 is 2.31 bits per heavy atom. The first kappa shape index (κ1) is 10.6. The lowest BCUT2D eigenvalue weighted by atomic mass is 9.91. The van der Waals surface area contributed by atoms with Gasteiger partial charge >= 0.3 is 0 Å². The van der Waals surface area contributed by atoms with Crippen LogP contribution in [0.2, 0.25) is 0 Å². The molecule has 1 heterocycles. The lowest BCUT2D eigenvalue weighted by Gasteiger charge is -2.16. The molecule has 2 nitrogen and oxygen atoms in total. The molecule has 0 saturated carbocycles. The average Bonchev–Trinajstić information content (AvgIpc) is 2.29. The van der Waals surface area contributed by atoms with Gasteiger partial charge in [0.25, 0.3) is 0 Å². The Kier molecular flexibility index (Phi) is 2.73. The second-order valence-electron chi connectivity index (χ2n) is 4.02. The summed E-state index contributed by atoms with van der Waals surface area (Å²) >= 11 is 6.55. The molecule has 13 heavy (non-hydrogen) atoms. The van der Waals surface area contributed by atoms with Crippen LogP contribution in [0.5, 0.6) is 0 Å². The van der Waals surface area contributed by atoms with Crippen LogP contribution in [-0.2, 0) is 5.41 Å². The third-order valence-corrected chi connectivity index (χ3v) is 3.01. The molecule has 0 fully saturated rings. The van der Waals surface area contributed by atoms with Gasteiger partial charge in [-0.1, -0.05) is 33.0 Å². The van der Waals surface area contributed by atoms with E-state index >= 15 is 0 Å². The number of nitrogens with zero attached hydrogens (tertiary/aromatic N) is 1. The van der Waals surface area contributed by atoms with Gasteiger partial charge in [0.2, 0.25) is 0 Å². The van der Waals surface area contributed by atoms with Gasteiger partial charge in [0, 0.05) is 5.41 Å². The van der Waals surface area contributed by atoms with E-state index in [2.05, 4.69) is 25.8 Å². The molecule has 0 spiro atoms. The predicted molar refractivity (Wildman–Crippen MR) is 61.4 cm³/mol. The van der Waals surface area contributed by atoms with Crippen LogP contribution >= 0.6 is 23.6 Å². The molecule has 0 atom stereocenters.